The number of anilines is 1. The summed E-state index contributed by atoms with van der Waals surface area (Å²) in [6, 6.07) is 15.1. The number of para-hydroxylation sites is 2. The third-order valence-electron chi connectivity index (χ3n) is 5.12. The molecule has 0 aliphatic carbocycles. The minimum Gasteiger partial charge on any atom is -0.449 e. The first-order chi connectivity index (χ1) is 14.1. The van der Waals surface area contributed by atoms with E-state index in [1.807, 2.05) is 49.4 Å². The number of amides is 1. The molecule has 0 saturated heterocycles. The van der Waals surface area contributed by atoms with E-state index in [9.17, 15) is 9.59 Å². The molecule has 29 heavy (non-hydrogen) atoms. The maximum atomic E-state index is 12.9. The molecular formula is C23H23NO5. The van der Waals surface area contributed by atoms with Gasteiger partial charge >= 0.3 is 5.97 Å². The van der Waals surface area contributed by atoms with Crippen LogP contribution in [0.3, 0.4) is 0 Å². The van der Waals surface area contributed by atoms with E-state index >= 15 is 0 Å². The third kappa shape index (κ3) is 3.63. The van der Waals surface area contributed by atoms with Crippen molar-refractivity contribution in [2.24, 2.45) is 0 Å². The molecule has 1 aliphatic heterocycles. The van der Waals surface area contributed by atoms with E-state index in [0.29, 0.717) is 24.3 Å². The first-order valence-electron chi connectivity index (χ1n) is 9.78. The van der Waals surface area contributed by atoms with Crippen molar-refractivity contribution in [1.82, 2.24) is 0 Å². The van der Waals surface area contributed by atoms with Crippen LogP contribution >= 0.6 is 0 Å². The molecule has 150 valence electrons. The normalized spacial score (nSPS) is 14.1. The van der Waals surface area contributed by atoms with Gasteiger partial charge in [-0.15, -0.1) is 0 Å². The minimum atomic E-state index is -0.929. The Morgan fingerprint density at radius 1 is 1.14 bits per heavy atom. The lowest BCUT2D eigenvalue weighted by molar-refractivity contribution is -0.126. The third-order valence-corrected chi connectivity index (χ3v) is 5.12. The lowest BCUT2D eigenvalue weighted by Gasteiger charge is -2.21. The number of nitrogens with zero attached hydrogens (tertiary/aromatic N) is 1. The number of rotatable bonds is 6. The number of benzene rings is 2. The number of furan rings is 1. The molecule has 1 amide bonds. The first kappa shape index (κ1) is 19.2. The van der Waals surface area contributed by atoms with Crippen LogP contribution in [-0.2, 0) is 27.3 Å². The fourth-order valence-corrected chi connectivity index (χ4v) is 3.66. The van der Waals surface area contributed by atoms with Gasteiger partial charge in [0.15, 0.2) is 6.10 Å². The van der Waals surface area contributed by atoms with E-state index in [2.05, 4.69) is 0 Å². The van der Waals surface area contributed by atoms with E-state index in [1.165, 1.54) is 0 Å². The number of esters is 1. The van der Waals surface area contributed by atoms with Gasteiger partial charge in [-0.2, -0.15) is 0 Å². The molecule has 0 saturated carbocycles. The summed E-state index contributed by atoms with van der Waals surface area (Å²) in [7, 11) is 0. The minimum absolute atomic E-state index is 0.0844. The maximum Gasteiger partial charge on any atom is 0.375 e. The smallest absolute Gasteiger partial charge is 0.375 e. The van der Waals surface area contributed by atoms with Crippen LogP contribution in [0.25, 0.3) is 11.0 Å². The summed E-state index contributed by atoms with van der Waals surface area (Å²) in [5.74, 6) is -0.823. The molecule has 0 N–H and O–H groups in total. The van der Waals surface area contributed by atoms with Crippen LogP contribution in [0.5, 0.6) is 0 Å². The highest BCUT2D eigenvalue weighted by molar-refractivity contribution is 6.01. The standard InChI is InChI=1S/C23H23NO5/c1-3-27-14-18-17-9-5-7-11-20(17)29-21(18)23(26)28-15(2)22(25)24-13-12-16-8-4-6-10-19(16)24/h4-11,15H,3,12-14H2,1-2H3/t15-/m0/s1. The van der Waals surface area contributed by atoms with E-state index < -0.39 is 12.1 Å². The molecule has 3 aromatic rings. The van der Waals surface area contributed by atoms with Gasteiger partial charge in [0.2, 0.25) is 5.76 Å². The van der Waals surface area contributed by atoms with Crippen LogP contribution in [0, 0.1) is 0 Å². The van der Waals surface area contributed by atoms with Gasteiger partial charge in [-0.1, -0.05) is 36.4 Å². The van der Waals surface area contributed by atoms with Gasteiger partial charge in [-0.25, -0.2) is 4.79 Å². The molecular weight excluding hydrogens is 370 g/mol. The van der Waals surface area contributed by atoms with Crippen molar-refractivity contribution in [1.29, 1.82) is 0 Å². The largest absolute Gasteiger partial charge is 0.449 e. The van der Waals surface area contributed by atoms with Crippen LogP contribution in [0.15, 0.2) is 52.9 Å². The quantitative estimate of drug-likeness (QED) is 0.590. The topological polar surface area (TPSA) is 69.0 Å². The van der Waals surface area contributed by atoms with Crippen LogP contribution < -0.4 is 4.90 Å². The van der Waals surface area contributed by atoms with E-state index in [-0.39, 0.29) is 18.3 Å². The number of carbonyl (C=O) groups is 2. The Morgan fingerprint density at radius 2 is 1.90 bits per heavy atom. The SMILES string of the molecule is CCOCc1c(C(=O)O[C@@H](C)C(=O)N2CCc3ccccc32)oc2ccccc12. The van der Waals surface area contributed by atoms with Crippen LogP contribution in [0.1, 0.15) is 35.5 Å². The zero-order valence-corrected chi connectivity index (χ0v) is 16.5. The highest BCUT2D eigenvalue weighted by Gasteiger charge is 2.31. The molecule has 0 radical (unpaired) electrons. The Balaban J connectivity index is 1.54. The molecule has 6 heteroatoms. The molecule has 0 fully saturated rings. The summed E-state index contributed by atoms with van der Waals surface area (Å²) < 4.78 is 16.7. The van der Waals surface area contributed by atoms with Crippen molar-refractivity contribution in [3.63, 3.8) is 0 Å². The van der Waals surface area contributed by atoms with Crippen LogP contribution in [0.2, 0.25) is 0 Å². The van der Waals surface area contributed by atoms with E-state index in [0.717, 1.165) is 23.1 Å². The zero-order chi connectivity index (χ0) is 20.4. The highest BCUT2D eigenvalue weighted by atomic mass is 16.6. The van der Waals surface area contributed by atoms with Gasteiger partial charge in [0.1, 0.15) is 5.58 Å². The molecule has 6 nitrogen and oxygen atoms in total. The van der Waals surface area contributed by atoms with Gasteiger partial charge in [0, 0.05) is 29.8 Å². The van der Waals surface area contributed by atoms with Crippen molar-refractivity contribution in [3.05, 3.63) is 65.4 Å². The van der Waals surface area contributed by atoms with Gasteiger partial charge < -0.3 is 18.8 Å². The summed E-state index contributed by atoms with van der Waals surface area (Å²) in [6.07, 6.45) is -0.133. The summed E-state index contributed by atoms with van der Waals surface area (Å²) >= 11 is 0. The van der Waals surface area contributed by atoms with Crippen molar-refractivity contribution >= 4 is 28.5 Å². The second kappa shape index (κ2) is 8.09. The van der Waals surface area contributed by atoms with Gasteiger partial charge in [-0.3, -0.25) is 4.79 Å². The van der Waals surface area contributed by atoms with Crippen LogP contribution in [0.4, 0.5) is 5.69 Å². The summed E-state index contributed by atoms with van der Waals surface area (Å²) in [4.78, 5) is 27.4. The average Bonchev–Trinajstić information content (AvgIpc) is 3.33. The van der Waals surface area contributed by atoms with Crippen LogP contribution in [-0.4, -0.2) is 31.1 Å². The van der Waals surface area contributed by atoms with Crippen molar-refractivity contribution in [2.75, 3.05) is 18.1 Å². The molecule has 2 aromatic carbocycles. The number of ether oxygens (including phenoxy) is 2. The Labute approximate surface area is 169 Å². The average molecular weight is 393 g/mol. The molecule has 1 aliphatic rings. The predicted octanol–water partition coefficient (Wildman–Crippen LogP) is 4.10. The number of carbonyl (C=O) groups excluding carboxylic acids is 2. The monoisotopic (exact) mass is 393 g/mol. The Morgan fingerprint density at radius 3 is 2.72 bits per heavy atom. The first-order valence-corrected chi connectivity index (χ1v) is 9.78. The summed E-state index contributed by atoms with van der Waals surface area (Å²) in [6.45, 7) is 4.80. The molecule has 1 aromatic heterocycles. The van der Waals surface area contributed by atoms with Gasteiger partial charge in [-0.05, 0) is 38.0 Å². The van der Waals surface area contributed by atoms with E-state index in [4.69, 9.17) is 13.9 Å². The van der Waals surface area contributed by atoms with Crippen molar-refractivity contribution < 1.29 is 23.5 Å². The molecule has 2 heterocycles. The maximum absolute atomic E-state index is 12.9. The Kier molecular flexibility index (Phi) is 5.36. The lowest BCUT2D eigenvalue weighted by atomic mass is 10.1. The van der Waals surface area contributed by atoms with Crippen molar-refractivity contribution in [2.45, 2.75) is 33.0 Å². The van der Waals surface area contributed by atoms with E-state index in [1.54, 1.807) is 17.9 Å². The fraction of sp³-hybridized carbons (Fsp3) is 0.304. The lowest BCUT2D eigenvalue weighted by Crippen LogP contribution is -2.39. The molecule has 0 spiro atoms. The molecule has 4 rings (SSSR count). The number of fused-ring (bicyclic) bond motifs is 2. The fourth-order valence-electron chi connectivity index (χ4n) is 3.66. The second-order valence-electron chi connectivity index (χ2n) is 6.96. The molecule has 0 unspecified atom stereocenters. The Bertz CT molecular complexity index is 1050. The van der Waals surface area contributed by atoms with Crippen molar-refractivity contribution in [3.8, 4) is 0 Å². The number of hydrogen-bond donors (Lipinski definition) is 0. The number of hydrogen-bond acceptors (Lipinski definition) is 5. The zero-order valence-electron chi connectivity index (χ0n) is 16.5. The van der Waals surface area contributed by atoms with Gasteiger partial charge in [0.05, 0.1) is 6.61 Å². The Hall–Kier alpha value is -3.12. The second-order valence-corrected chi connectivity index (χ2v) is 6.96. The summed E-state index contributed by atoms with van der Waals surface area (Å²) in [5, 5.41) is 0.806. The molecule has 1 atom stereocenters. The molecule has 0 bridgehead atoms. The van der Waals surface area contributed by atoms with Gasteiger partial charge in [0.25, 0.3) is 5.91 Å². The highest BCUT2D eigenvalue weighted by Crippen LogP contribution is 2.30. The predicted molar refractivity (Wildman–Crippen MR) is 109 cm³/mol. The summed E-state index contributed by atoms with van der Waals surface area (Å²) in [5.41, 5.74) is 3.22.